The molecule has 1 aliphatic heterocycles. The van der Waals surface area contributed by atoms with Crippen LogP contribution in [0, 0.1) is 17.3 Å². The van der Waals surface area contributed by atoms with Crippen LogP contribution in [-0.4, -0.2) is 109 Å². The lowest BCUT2D eigenvalue weighted by molar-refractivity contribution is -0.144. The maximum absolute atomic E-state index is 14.7. The summed E-state index contributed by atoms with van der Waals surface area (Å²) in [6.45, 7) is 12.7. The highest BCUT2D eigenvalue weighted by Gasteiger charge is 2.46. The van der Waals surface area contributed by atoms with Crippen molar-refractivity contribution in [3.63, 3.8) is 0 Å². The van der Waals surface area contributed by atoms with Gasteiger partial charge >= 0.3 is 0 Å². The molecule has 0 saturated carbocycles. The summed E-state index contributed by atoms with van der Waals surface area (Å²) in [7, 11) is 3.31. The second-order valence-electron chi connectivity index (χ2n) is 22.1. The fourth-order valence-electron chi connectivity index (χ4n) is 10.5. The van der Waals surface area contributed by atoms with E-state index < -0.39 is 59.4 Å². The van der Waals surface area contributed by atoms with Crippen molar-refractivity contribution in [1.82, 2.24) is 42.1 Å². The second kappa shape index (κ2) is 25.8. The molecular formula is C58H80N8O8. The van der Waals surface area contributed by atoms with E-state index in [4.69, 9.17) is 0 Å². The highest BCUT2D eigenvalue weighted by Crippen LogP contribution is 2.34. The van der Waals surface area contributed by atoms with Crippen LogP contribution in [0.5, 0.6) is 0 Å². The number of nitrogens with one attached hydrogen (secondary N) is 7. The molecule has 2 aliphatic carbocycles. The first-order valence-electron chi connectivity index (χ1n) is 26.7. The van der Waals surface area contributed by atoms with Gasteiger partial charge < -0.3 is 42.1 Å². The van der Waals surface area contributed by atoms with Crippen LogP contribution in [0.25, 0.3) is 0 Å². The molecule has 3 aliphatic rings. The van der Waals surface area contributed by atoms with Crippen molar-refractivity contribution in [3.05, 3.63) is 106 Å². The molecule has 0 unspecified atom stereocenters. The van der Waals surface area contributed by atoms with Crippen molar-refractivity contribution in [3.8, 4) is 0 Å². The van der Waals surface area contributed by atoms with E-state index in [2.05, 4.69) is 49.4 Å². The smallest absolute Gasteiger partial charge is 0.246 e. The Kier molecular flexibility index (Phi) is 19.9. The van der Waals surface area contributed by atoms with Gasteiger partial charge in [-0.2, -0.15) is 0 Å². The summed E-state index contributed by atoms with van der Waals surface area (Å²) in [6.07, 6.45) is 5.73. The Balaban J connectivity index is 1.15. The molecule has 0 radical (unpaired) electrons. The first-order chi connectivity index (χ1) is 35.2. The number of likely N-dealkylation sites (tertiary alicyclic amines) is 1. The Labute approximate surface area is 437 Å². The fraction of sp³-hybridized carbons (Fsp3) is 0.552. The topological polar surface area (TPSA) is 224 Å². The Morgan fingerprint density at radius 1 is 0.649 bits per heavy atom. The van der Waals surface area contributed by atoms with Gasteiger partial charge in [0.1, 0.15) is 24.2 Å². The zero-order chi connectivity index (χ0) is 53.9. The first-order valence-corrected chi connectivity index (χ1v) is 26.7. The molecule has 400 valence electrons. The highest BCUT2D eigenvalue weighted by atomic mass is 16.2. The number of carbonyl (C=O) groups excluding carboxylic acids is 8. The average Bonchev–Trinajstić information content (AvgIpc) is 3.81. The van der Waals surface area contributed by atoms with Crippen LogP contribution in [0.3, 0.4) is 0 Å². The standard InChI is InChI=1S/C58H80N8O8/c1-34(2)50(64-52(69)35(3)59-8)56(73)63-46(54(71)61-44-26-15-20-38-18-10-12-24-42(38)44)28-17-29-48(67)40-22-14-23-41(32-40)49(68)31-37-30-47(55(72)62-45-27-16-21-39-19-11-13-25-43(39)45)66(33-37)57(74)51(58(5,6)7)65-53(70)36(4)60-9/h10-14,18-19,22-25,32,34-37,44-47,50-51,59-60H,15-17,20-21,26-31,33H2,1-9H3,(H,61,71)(H,62,72)(H,63,73)(H,64,69)(H,65,70)/t35-,36-,37+,44+,45+,46-,47-,50-,51+/m0/s1. The minimum Gasteiger partial charge on any atom is -0.348 e. The summed E-state index contributed by atoms with van der Waals surface area (Å²) < 4.78 is 0. The van der Waals surface area contributed by atoms with Crippen LogP contribution in [0.4, 0.5) is 0 Å². The van der Waals surface area contributed by atoms with Crippen LogP contribution >= 0.6 is 0 Å². The molecule has 3 aromatic carbocycles. The molecule has 1 fully saturated rings. The quantitative estimate of drug-likeness (QED) is 0.0619. The number of likely N-dealkylation sites (N-methyl/N-ethyl adjacent to an activating group) is 2. The largest absolute Gasteiger partial charge is 0.348 e. The number of Topliss-reactive ketones (excluding diaryl/α,β-unsaturated/α-hetero) is 2. The van der Waals surface area contributed by atoms with Crippen molar-refractivity contribution >= 4 is 47.0 Å². The molecule has 0 spiro atoms. The number of amides is 6. The summed E-state index contributed by atoms with van der Waals surface area (Å²) >= 11 is 0. The minimum absolute atomic E-state index is 0.00838. The zero-order valence-electron chi connectivity index (χ0n) is 44.9. The highest BCUT2D eigenvalue weighted by molar-refractivity contribution is 6.02. The Hall–Kier alpha value is -6.26. The summed E-state index contributed by atoms with van der Waals surface area (Å²) in [5.74, 6) is -3.49. The van der Waals surface area contributed by atoms with E-state index >= 15 is 0 Å². The molecule has 1 heterocycles. The summed E-state index contributed by atoms with van der Waals surface area (Å²) in [4.78, 5) is 113. The van der Waals surface area contributed by atoms with Crippen LogP contribution < -0.4 is 37.2 Å². The van der Waals surface area contributed by atoms with Gasteiger partial charge in [0.15, 0.2) is 11.6 Å². The van der Waals surface area contributed by atoms with Crippen molar-refractivity contribution in [2.24, 2.45) is 17.3 Å². The number of carbonyl (C=O) groups is 8. The molecule has 0 bridgehead atoms. The van der Waals surface area contributed by atoms with Crippen molar-refractivity contribution < 1.29 is 38.4 Å². The maximum atomic E-state index is 14.7. The fourth-order valence-corrected chi connectivity index (χ4v) is 10.5. The monoisotopic (exact) mass is 1020 g/mol. The molecule has 16 nitrogen and oxygen atoms in total. The number of hydrogen-bond acceptors (Lipinski definition) is 10. The number of benzene rings is 3. The number of nitrogens with zero attached hydrogens (tertiary/aromatic N) is 1. The summed E-state index contributed by atoms with van der Waals surface area (Å²) in [5, 5.41) is 20.9. The van der Waals surface area contributed by atoms with Crippen molar-refractivity contribution in [2.75, 3.05) is 20.6 Å². The molecule has 0 aromatic heterocycles. The number of aryl methyl sites for hydroxylation is 2. The van der Waals surface area contributed by atoms with E-state index in [1.807, 2.05) is 71.0 Å². The third-order valence-electron chi connectivity index (χ3n) is 15.2. The molecule has 9 atom stereocenters. The van der Waals surface area contributed by atoms with E-state index in [0.717, 1.165) is 55.2 Å². The molecule has 6 amide bonds. The van der Waals surface area contributed by atoms with Crippen molar-refractivity contribution in [1.29, 1.82) is 0 Å². The van der Waals surface area contributed by atoms with Gasteiger partial charge in [0.25, 0.3) is 0 Å². The van der Waals surface area contributed by atoms with Gasteiger partial charge in [0.05, 0.1) is 24.2 Å². The molecule has 7 N–H and O–H groups in total. The van der Waals surface area contributed by atoms with E-state index in [-0.39, 0.29) is 91.8 Å². The third kappa shape index (κ3) is 14.5. The predicted molar refractivity (Wildman–Crippen MR) is 285 cm³/mol. The Morgan fingerprint density at radius 3 is 1.77 bits per heavy atom. The maximum Gasteiger partial charge on any atom is 0.246 e. The van der Waals surface area contributed by atoms with Gasteiger partial charge in [0, 0.05) is 30.5 Å². The normalized spacial score (nSPS) is 20.4. The molecule has 6 rings (SSSR count). The summed E-state index contributed by atoms with van der Waals surface area (Å²) in [6, 6.07) is 17.2. The number of rotatable bonds is 22. The van der Waals surface area contributed by atoms with E-state index in [1.54, 1.807) is 52.2 Å². The van der Waals surface area contributed by atoms with Crippen LogP contribution in [-0.2, 0) is 41.6 Å². The van der Waals surface area contributed by atoms with Gasteiger partial charge in [-0.1, -0.05) is 101 Å². The predicted octanol–water partition coefficient (Wildman–Crippen LogP) is 5.59. The van der Waals surface area contributed by atoms with Gasteiger partial charge in [-0.25, -0.2) is 0 Å². The lowest BCUT2D eigenvalue weighted by atomic mass is 9.85. The van der Waals surface area contributed by atoms with E-state index in [0.29, 0.717) is 11.1 Å². The number of hydrogen-bond donors (Lipinski definition) is 7. The van der Waals surface area contributed by atoms with Crippen LogP contribution in [0.15, 0.2) is 72.8 Å². The van der Waals surface area contributed by atoms with Gasteiger partial charge in [0.2, 0.25) is 35.4 Å². The summed E-state index contributed by atoms with van der Waals surface area (Å²) in [5.41, 5.74) is 4.35. The van der Waals surface area contributed by atoms with Crippen LogP contribution in [0.2, 0.25) is 0 Å². The number of fused-ring (bicyclic) bond motifs is 2. The Morgan fingerprint density at radius 2 is 1.20 bits per heavy atom. The molecule has 16 heteroatoms. The van der Waals surface area contributed by atoms with Crippen LogP contribution in [0.1, 0.15) is 161 Å². The second-order valence-corrected chi connectivity index (χ2v) is 22.1. The lowest BCUT2D eigenvalue weighted by Gasteiger charge is -2.36. The average molecular weight is 1020 g/mol. The van der Waals surface area contributed by atoms with E-state index in [9.17, 15) is 38.4 Å². The molecular weight excluding hydrogens is 937 g/mol. The van der Waals surface area contributed by atoms with Gasteiger partial charge in [-0.05, 0) is 131 Å². The lowest BCUT2D eigenvalue weighted by Crippen LogP contribution is -2.59. The first kappa shape index (κ1) is 57.0. The van der Waals surface area contributed by atoms with Gasteiger partial charge in [-0.15, -0.1) is 0 Å². The van der Waals surface area contributed by atoms with E-state index in [1.165, 1.54) is 10.5 Å². The van der Waals surface area contributed by atoms with Gasteiger partial charge in [-0.3, -0.25) is 38.4 Å². The molecule has 74 heavy (non-hydrogen) atoms. The molecule has 3 aromatic rings. The van der Waals surface area contributed by atoms with Crippen molar-refractivity contribution in [2.45, 2.75) is 167 Å². The Bertz CT molecular complexity index is 2520. The third-order valence-corrected chi connectivity index (χ3v) is 15.2. The minimum atomic E-state index is -1.01. The number of ketones is 2. The SMILES string of the molecule is CN[C@@H](C)C(=O)N[C@H](C(=O)N[C@@H](CCCC(=O)c1cccc(C(=O)C[C@H]2C[C@@H](C(=O)N[C@@H]3CCCc4ccccc43)N(C(=O)[C@@H](NC(=O)[C@H](C)NC)C(C)(C)C)C2)c1)C(=O)N[C@@H]1CCCc2ccccc21)C(C)C. The molecule has 1 saturated heterocycles. The zero-order valence-corrected chi connectivity index (χ0v) is 44.9.